The molecule has 2 N–H and O–H groups in total. The lowest BCUT2D eigenvalue weighted by atomic mass is 9.81. The predicted molar refractivity (Wildman–Crippen MR) is 74.7 cm³/mol. The van der Waals surface area contributed by atoms with Crippen LogP contribution in [0.25, 0.3) is 0 Å². The molecule has 0 radical (unpaired) electrons. The van der Waals surface area contributed by atoms with Crippen LogP contribution in [0.1, 0.15) is 31.7 Å². The third-order valence-electron chi connectivity index (χ3n) is 3.91. The zero-order valence-electron chi connectivity index (χ0n) is 11.9. The first-order chi connectivity index (χ1) is 9.16. The summed E-state index contributed by atoms with van der Waals surface area (Å²) < 4.78 is 1.79. The smallest absolute Gasteiger partial charge is 0.227 e. The van der Waals surface area contributed by atoms with Crippen LogP contribution in [0.2, 0.25) is 0 Å². The lowest BCUT2D eigenvalue weighted by molar-refractivity contribution is -0.130. The van der Waals surface area contributed by atoms with Gasteiger partial charge in [-0.15, -0.1) is 0 Å². The van der Waals surface area contributed by atoms with Crippen molar-refractivity contribution in [3.63, 3.8) is 0 Å². The van der Waals surface area contributed by atoms with Crippen molar-refractivity contribution < 1.29 is 4.79 Å². The Hall–Kier alpha value is -1.36. The molecule has 1 saturated heterocycles. The molecule has 0 aliphatic carbocycles. The summed E-state index contributed by atoms with van der Waals surface area (Å²) in [5.74, 6) is 0.211. The zero-order chi connectivity index (χ0) is 13.7. The summed E-state index contributed by atoms with van der Waals surface area (Å²) in [6.07, 6.45) is 7.67. The second-order valence-corrected chi connectivity index (χ2v) is 5.49. The van der Waals surface area contributed by atoms with E-state index in [4.69, 9.17) is 0 Å². The van der Waals surface area contributed by atoms with Crippen molar-refractivity contribution in [2.24, 2.45) is 12.5 Å². The Morgan fingerprint density at radius 2 is 2.47 bits per heavy atom. The lowest BCUT2D eigenvalue weighted by Crippen LogP contribution is -2.43. The van der Waals surface area contributed by atoms with Gasteiger partial charge >= 0.3 is 0 Å². The number of aromatic nitrogens is 2. The van der Waals surface area contributed by atoms with E-state index in [1.165, 1.54) is 0 Å². The highest BCUT2D eigenvalue weighted by molar-refractivity contribution is 5.83. The molecule has 106 valence electrons. The van der Waals surface area contributed by atoms with Gasteiger partial charge in [-0.2, -0.15) is 5.10 Å². The fourth-order valence-corrected chi connectivity index (χ4v) is 2.85. The molecule has 1 aromatic rings. The normalized spacial score (nSPS) is 22.6. The van der Waals surface area contributed by atoms with Crippen LogP contribution in [0.5, 0.6) is 0 Å². The van der Waals surface area contributed by atoms with E-state index in [0.717, 1.165) is 44.3 Å². The molecule has 19 heavy (non-hydrogen) atoms. The average Bonchev–Trinajstić information content (AvgIpc) is 3.00. The Kier molecular flexibility index (Phi) is 4.58. The maximum Gasteiger partial charge on any atom is 0.227 e. The minimum atomic E-state index is -0.177. The molecule has 0 spiro atoms. The van der Waals surface area contributed by atoms with Crippen molar-refractivity contribution in [3.8, 4) is 0 Å². The average molecular weight is 264 g/mol. The fraction of sp³-hybridized carbons (Fsp3) is 0.714. The highest BCUT2D eigenvalue weighted by Gasteiger charge is 2.39. The van der Waals surface area contributed by atoms with E-state index < -0.39 is 0 Å². The molecule has 5 heteroatoms. The van der Waals surface area contributed by atoms with Gasteiger partial charge in [0.15, 0.2) is 0 Å². The Morgan fingerprint density at radius 1 is 1.63 bits per heavy atom. The van der Waals surface area contributed by atoms with E-state index >= 15 is 0 Å². The summed E-state index contributed by atoms with van der Waals surface area (Å²) in [4.78, 5) is 12.4. The number of nitrogens with one attached hydrogen (secondary N) is 2. The van der Waals surface area contributed by atoms with Gasteiger partial charge in [0.05, 0.1) is 11.6 Å². The van der Waals surface area contributed by atoms with Crippen molar-refractivity contribution in [1.29, 1.82) is 0 Å². The third kappa shape index (κ3) is 3.35. The van der Waals surface area contributed by atoms with Gasteiger partial charge in [0, 0.05) is 26.3 Å². The van der Waals surface area contributed by atoms with Gasteiger partial charge in [-0.3, -0.25) is 9.48 Å². The summed E-state index contributed by atoms with van der Waals surface area (Å²) in [6.45, 7) is 4.61. The molecule has 1 aromatic heterocycles. The predicted octanol–water partition coefficient (Wildman–Crippen LogP) is 0.859. The molecule has 1 amide bonds. The second kappa shape index (κ2) is 6.19. The van der Waals surface area contributed by atoms with Crippen LogP contribution in [0.15, 0.2) is 12.4 Å². The number of carbonyl (C=O) groups excluding carboxylic acids is 1. The van der Waals surface area contributed by atoms with Crippen molar-refractivity contribution in [3.05, 3.63) is 18.0 Å². The number of rotatable bonds is 6. The zero-order valence-corrected chi connectivity index (χ0v) is 11.9. The quantitative estimate of drug-likeness (QED) is 0.801. The summed E-state index contributed by atoms with van der Waals surface area (Å²) in [7, 11) is 1.91. The van der Waals surface area contributed by atoms with Gasteiger partial charge in [0.25, 0.3) is 0 Å². The molecule has 0 bridgehead atoms. The minimum absolute atomic E-state index is 0.177. The summed E-state index contributed by atoms with van der Waals surface area (Å²) in [5.41, 5.74) is 0.987. The van der Waals surface area contributed by atoms with E-state index in [1.807, 2.05) is 19.4 Å². The molecule has 1 unspecified atom stereocenters. The molecular weight excluding hydrogens is 240 g/mol. The number of hydrogen-bond acceptors (Lipinski definition) is 3. The van der Waals surface area contributed by atoms with Gasteiger partial charge in [0.2, 0.25) is 5.91 Å². The SMILES string of the molecule is CCCC1(C(=O)NCCc2cnn(C)c2)CCNC1. The maximum atomic E-state index is 12.4. The molecule has 1 fully saturated rings. The summed E-state index contributed by atoms with van der Waals surface area (Å²) in [5, 5.41) is 10.5. The van der Waals surface area contributed by atoms with Gasteiger partial charge in [-0.1, -0.05) is 13.3 Å². The molecule has 5 nitrogen and oxygen atoms in total. The highest BCUT2D eigenvalue weighted by atomic mass is 16.2. The van der Waals surface area contributed by atoms with E-state index in [2.05, 4.69) is 22.7 Å². The van der Waals surface area contributed by atoms with E-state index in [-0.39, 0.29) is 11.3 Å². The van der Waals surface area contributed by atoms with Gasteiger partial charge in [0.1, 0.15) is 0 Å². The maximum absolute atomic E-state index is 12.4. The molecule has 0 aromatic carbocycles. The number of nitrogens with zero attached hydrogens (tertiary/aromatic N) is 2. The van der Waals surface area contributed by atoms with Crippen molar-refractivity contribution in [1.82, 2.24) is 20.4 Å². The van der Waals surface area contributed by atoms with Gasteiger partial charge in [-0.05, 0) is 31.4 Å². The number of hydrogen-bond donors (Lipinski definition) is 2. The first kappa shape index (κ1) is 14.1. The molecular formula is C14H24N4O. The number of aryl methyl sites for hydroxylation is 1. The third-order valence-corrected chi connectivity index (χ3v) is 3.91. The molecule has 1 aliphatic heterocycles. The number of amides is 1. The molecule has 2 rings (SSSR count). The fourth-order valence-electron chi connectivity index (χ4n) is 2.85. The van der Waals surface area contributed by atoms with Crippen LogP contribution >= 0.6 is 0 Å². The minimum Gasteiger partial charge on any atom is -0.355 e. The van der Waals surface area contributed by atoms with Crippen LogP contribution in [-0.4, -0.2) is 35.3 Å². The van der Waals surface area contributed by atoms with Crippen molar-refractivity contribution in [2.45, 2.75) is 32.6 Å². The lowest BCUT2D eigenvalue weighted by Gasteiger charge is -2.26. The van der Waals surface area contributed by atoms with Crippen LogP contribution in [-0.2, 0) is 18.3 Å². The van der Waals surface area contributed by atoms with E-state index in [9.17, 15) is 4.79 Å². The molecule has 0 saturated carbocycles. The largest absolute Gasteiger partial charge is 0.355 e. The first-order valence-electron chi connectivity index (χ1n) is 7.13. The second-order valence-electron chi connectivity index (χ2n) is 5.49. The van der Waals surface area contributed by atoms with Gasteiger partial charge in [-0.25, -0.2) is 0 Å². The van der Waals surface area contributed by atoms with Crippen LogP contribution in [0, 0.1) is 5.41 Å². The van der Waals surface area contributed by atoms with Crippen LogP contribution in [0.4, 0.5) is 0 Å². The Labute approximate surface area is 114 Å². The monoisotopic (exact) mass is 264 g/mol. The Bertz CT molecular complexity index is 421. The standard InChI is InChI=1S/C14H24N4O/c1-3-5-14(6-8-15-11-14)13(19)16-7-4-12-9-17-18(2)10-12/h9-10,15H,3-8,11H2,1-2H3,(H,16,19). The summed E-state index contributed by atoms with van der Waals surface area (Å²) >= 11 is 0. The molecule has 1 aliphatic rings. The topological polar surface area (TPSA) is 59.0 Å². The van der Waals surface area contributed by atoms with E-state index in [1.54, 1.807) is 4.68 Å². The summed E-state index contributed by atoms with van der Waals surface area (Å²) in [6, 6.07) is 0. The Balaban J connectivity index is 1.82. The molecule has 1 atom stereocenters. The Morgan fingerprint density at radius 3 is 3.05 bits per heavy atom. The van der Waals surface area contributed by atoms with E-state index in [0.29, 0.717) is 6.54 Å². The van der Waals surface area contributed by atoms with Crippen LogP contribution < -0.4 is 10.6 Å². The van der Waals surface area contributed by atoms with Gasteiger partial charge < -0.3 is 10.6 Å². The highest BCUT2D eigenvalue weighted by Crippen LogP contribution is 2.31. The molecule has 2 heterocycles. The van der Waals surface area contributed by atoms with Crippen LogP contribution in [0.3, 0.4) is 0 Å². The van der Waals surface area contributed by atoms with Crippen molar-refractivity contribution >= 4 is 5.91 Å². The first-order valence-corrected chi connectivity index (χ1v) is 7.13. The number of carbonyl (C=O) groups is 1. The van der Waals surface area contributed by atoms with Crippen molar-refractivity contribution in [2.75, 3.05) is 19.6 Å².